The van der Waals surface area contributed by atoms with Crippen molar-refractivity contribution in [3.63, 3.8) is 0 Å². The van der Waals surface area contributed by atoms with Crippen molar-refractivity contribution >= 4 is 0 Å². The molecule has 0 N–H and O–H groups in total. The van der Waals surface area contributed by atoms with Gasteiger partial charge in [0.1, 0.15) is 0 Å². The van der Waals surface area contributed by atoms with E-state index in [1.54, 1.807) is 0 Å². The third-order valence-electron chi connectivity index (χ3n) is 3.90. The van der Waals surface area contributed by atoms with Crippen LogP contribution >= 0.6 is 0 Å². The molecule has 0 aliphatic heterocycles. The normalized spacial score (nSPS) is 12.0. The first-order valence-electron chi connectivity index (χ1n) is 7.68. The summed E-state index contributed by atoms with van der Waals surface area (Å²) >= 11 is 0. The van der Waals surface area contributed by atoms with Gasteiger partial charge in [0, 0.05) is 0 Å². The summed E-state index contributed by atoms with van der Waals surface area (Å²) in [5.41, 5.74) is 0.653. The highest BCUT2D eigenvalue weighted by molar-refractivity contribution is 4.74. The van der Waals surface area contributed by atoms with Crippen molar-refractivity contribution in [2.24, 2.45) is 5.41 Å². The van der Waals surface area contributed by atoms with Crippen molar-refractivity contribution < 1.29 is 0 Å². The highest BCUT2D eigenvalue weighted by Crippen LogP contribution is 2.36. The van der Waals surface area contributed by atoms with Crippen LogP contribution in [0.2, 0.25) is 0 Å². The number of rotatable bonds is 11. The van der Waals surface area contributed by atoms with Crippen molar-refractivity contribution in [2.45, 2.75) is 98.3 Å². The lowest BCUT2D eigenvalue weighted by Gasteiger charge is -2.30. The Labute approximate surface area is 104 Å². The summed E-state index contributed by atoms with van der Waals surface area (Å²) in [6.45, 7) is 9.47. The molecule has 0 heterocycles. The molecule has 0 radical (unpaired) electrons. The van der Waals surface area contributed by atoms with Crippen LogP contribution in [0.3, 0.4) is 0 Å². The monoisotopic (exact) mass is 226 g/mol. The van der Waals surface area contributed by atoms with Crippen LogP contribution in [0, 0.1) is 5.41 Å². The number of hydrogen-bond acceptors (Lipinski definition) is 0. The van der Waals surface area contributed by atoms with Gasteiger partial charge >= 0.3 is 0 Å². The van der Waals surface area contributed by atoms with Gasteiger partial charge in [-0.25, -0.2) is 0 Å². The molecule has 98 valence electrons. The second kappa shape index (κ2) is 10.2. The molecule has 0 rings (SSSR count). The van der Waals surface area contributed by atoms with Gasteiger partial charge in [0.15, 0.2) is 0 Å². The van der Waals surface area contributed by atoms with E-state index >= 15 is 0 Å². The smallest absolute Gasteiger partial charge is 0.0326 e. The first kappa shape index (κ1) is 16.0. The van der Waals surface area contributed by atoms with Crippen LogP contribution in [0.15, 0.2) is 0 Å². The molecule has 0 aromatic rings. The predicted molar refractivity (Wildman–Crippen MR) is 75.9 cm³/mol. The summed E-state index contributed by atoms with van der Waals surface area (Å²) in [5.74, 6) is 0. The van der Waals surface area contributed by atoms with Crippen molar-refractivity contribution in [1.82, 2.24) is 0 Å². The van der Waals surface area contributed by atoms with E-state index < -0.39 is 0 Å². The maximum absolute atomic E-state index is 2.54. The second-order valence-electron chi connectivity index (χ2n) is 5.83. The molecule has 0 atom stereocenters. The Kier molecular flexibility index (Phi) is 10.2. The molecular formula is C16H34. The molecule has 0 aliphatic carbocycles. The number of unbranched alkanes of at least 4 members (excludes halogenated alkanes) is 5. The standard InChI is InChI=1S/C16H34/c1-5-8-11-14-16(4,13-10-7-3)15-12-9-6-2/h5-15H2,1-4H3. The SMILES string of the molecule is CCCCCC(C)(CCCC)CCCCC. The average Bonchev–Trinajstić information content (AvgIpc) is 2.27. The topological polar surface area (TPSA) is 0 Å². The van der Waals surface area contributed by atoms with Gasteiger partial charge in [-0.15, -0.1) is 0 Å². The summed E-state index contributed by atoms with van der Waals surface area (Å²) in [4.78, 5) is 0. The van der Waals surface area contributed by atoms with E-state index in [0.717, 1.165) is 0 Å². The first-order valence-corrected chi connectivity index (χ1v) is 7.68. The Morgan fingerprint density at radius 3 is 1.31 bits per heavy atom. The maximum Gasteiger partial charge on any atom is -0.0326 e. The fraction of sp³-hybridized carbons (Fsp3) is 1.00. The average molecular weight is 226 g/mol. The van der Waals surface area contributed by atoms with Gasteiger partial charge in [-0.2, -0.15) is 0 Å². The molecule has 0 aliphatic rings. The second-order valence-corrected chi connectivity index (χ2v) is 5.83. The Balaban J connectivity index is 3.91. The molecule has 0 unspecified atom stereocenters. The largest absolute Gasteiger partial charge is 0.0654 e. The zero-order valence-corrected chi connectivity index (χ0v) is 12.3. The molecule has 0 nitrogen and oxygen atoms in total. The van der Waals surface area contributed by atoms with E-state index in [1.807, 2.05) is 0 Å². The molecule has 0 saturated carbocycles. The zero-order chi connectivity index (χ0) is 12.3. The van der Waals surface area contributed by atoms with Crippen LogP contribution in [0.25, 0.3) is 0 Å². The fourth-order valence-corrected chi connectivity index (χ4v) is 2.58. The molecule has 16 heavy (non-hydrogen) atoms. The Morgan fingerprint density at radius 1 is 0.562 bits per heavy atom. The molecule has 0 aromatic carbocycles. The lowest BCUT2D eigenvalue weighted by Crippen LogP contribution is -2.16. The number of hydrogen-bond donors (Lipinski definition) is 0. The molecule has 0 spiro atoms. The quantitative estimate of drug-likeness (QED) is 0.360. The van der Waals surface area contributed by atoms with Crippen molar-refractivity contribution in [1.29, 1.82) is 0 Å². The summed E-state index contributed by atoms with van der Waals surface area (Å²) in [6, 6.07) is 0. The summed E-state index contributed by atoms with van der Waals surface area (Å²) in [6.07, 6.45) is 15.6. The molecule has 0 amide bonds. The minimum absolute atomic E-state index is 0.653. The first-order chi connectivity index (χ1) is 7.68. The third-order valence-corrected chi connectivity index (χ3v) is 3.90. The molecular weight excluding hydrogens is 192 g/mol. The van der Waals surface area contributed by atoms with E-state index in [-0.39, 0.29) is 0 Å². The van der Waals surface area contributed by atoms with Crippen LogP contribution in [0.1, 0.15) is 98.3 Å². The Morgan fingerprint density at radius 2 is 0.938 bits per heavy atom. The Bertz CT molecular complexity index is 127. The van der Waals surface area contributed by atoms with Gasteiger partial charge in [0.05, 0.1) is 0 Å². The van der Waals surface area contributed by atoms with E-state index in [1.165, 1.54) is 70.6 Å². The fourth-order valence-electron chi connectivity index (χ4n) is 2.58. The van der Waals surface area contributed by atoms with Gasteiger partial charge in [0.2, 0.25) is 0 Å². The predicted octanol–water partition coefficient (Wildman–Crippen LogP) is 6.34. The lowest BCUT2D eigenvalue weighted by atomic mass is 9.76. The van der Waals surface area contributed by atoms with Crippen molar-refractivity contribution in [2.75, 3.05) is 0 Å². The van der Waals surface area contributed by atoms with Gasteiger partial charge in [-0.1, -0.05) is 79.1 Å². The van der Waals surface area contributed by atoms with Crippen molar-refractivity contribution in [3.05, 3.63) is 0 Å². The maximum atomic E-state index is 2.54. The van der Waals surface area contributed by atoms with Gasteiger partial charge in [-0.3, -0.25) is 0 Å². The molecule has 0 fully saturated rings. The molecule has 0 saturated heterocycles. The summed E-state index contributed by atoms with van der Waals surface area (Å²) in [7, 11) is 0. The summed E-state index contributed by atoms with van der Waals surface area (Å²) < 4.78 is 0. The van der Waals surface area contributed by atoms with Crippen LogP contribution in [0.4, 0.5) is 0 Å². The highest BCUT2D eigenvalue weighted by atomic mass is 14.3. The molecule has 0 heteroatoms. The zero-order valence-electron chi connectivity index (χ0n) is 12.3. The van der Waals surface area contributed by atoms with E-state index in [9.17, 15) is 0 Å². The van der Waals surface area contributed by atoms with Crippen LogP contribution < -0.4 is 0 Å². The van der Waals surface area contributed by atoms with Gasteiger partial charge < -0.3 is 0 Å². The highest BCUT2D eigenvalue weighted by Gasteiger charge is 2.22. The third kappa shape index (κ3) is 8.19. The Hall–Kier alpha value is 0. The molecule has 0 aromatic heterocycles. The molecule has 0 bridgehead atoms. The van der Waals surface area contributed by atoms with Gasteiger partial charge in [0.25, 0.3) is 0 Å². The van der Waals surface area contributed by atoms with Crippen LogP contribution in [-0.4, -0.2) is 0 Å². The van der Waals surface area contributed by atoms with E-state index in [2.05, 4.69) is 27.7 Å². The summed E-state index contributed by atoms with van der Waals surface area (Å²) in [5, 5.41) is 0. The van der Waals surface area contributed by atoms with E-state index in [4.69, 9.17) is 0 Å². The van der Waals surface area contributed by atoms with Crippen LogP contribution in [0.5, 0.6) is 0 Å². The lowest BCUT2D eigenvalue weighted by molar-refractivity contribution is 0.226. The minimum Gasteiger partial charge on any atom is -0.0654 e. The van der Waals surface area contributed by atoms with Gasteiger partial charge in [-0.05, 0) is 24.7 Å². The minimum atomic E-state index is 0.653. The van der Waals surface area contributed by atoms with Crippen molar-refractivity contribution in [3.8, 4) is 0 Å². The van der Waals surface area contributed by atoms with Crippen LogP contribution in [-0.2, 0) is 0 Å². The van der Waals surface area contributed by atoms with E-state index in [0.29, 0.717) is 5.41 Å².